The normalized spacial score (nSPS) is 15.3. The quantitative estimate of drug-likeness (QED) is 0.794. The Bertz CT molecular complexity index is 435. The van der Waals surface area contributed by atoms with Crippen molar-refractivity contribution in [1.29, 1.82) is 0 Å². The fraction of sp³-hybridized carbons (Fsp3) is 0.250. The topological polar surface area (TPSA) is 49.3 Å². The van der Waals surface area contributed by atoms with Gasteiger partial charge in [0.15, 0.2) is 0 Å². The van der Waals surface area contributed by atoms with Gasteiger partial charge in [-0.15, -0.1) is 0 Å². The van der Waals surface area contributed by atoms with E-state index in [9.17, 15) is 4.79 Å². The second-order valence-electron chi connectivity index (χ2n) is 3.78. The van der Waals surface area contributed by atoms with E-state index in [0.29, 0.717) is 10.7 Å². The number of hydrogen-bond acceptors (Lipinski definition) is 2. The Morgan fingerprint density at radius 2 is 2.06 bits per heavy atom. The van der Waals surface area contributed by atoms with E-state index in [4.69, 9.17) is 16.7 Å². The van der Waals surface area contributed by atoms with Gasteiger partial charge in [-0.1, -0.05) is 23.8 Å². The lowest BCUT2D eigenvalue weighted by Gasteiger charge is -2.15. The number of hydrogen-bond donors (Lipinski definition) is 2. The van der Waals surface area contributed by atoms with Crippen LogP contribution >= 0.6 is 11.6 Å². The van der Waals surface area contributed by atoms with Gasteiger partial charge in [-0.3, -0.25) is 0 Å². The second kappa shape index (κ2) is 4.58. The standard InChI is InChI=1S/C12H12ClNO2/c13-8-5-6-10(12(15)16)11(7-8)14-9-3-1-2-4-9/h1-2,5-7,9,14H,3-4H2,(H,15,16). The van der Waals surface area contributed by atoms with E-state index in [2.05, 4.69) is 17.5 Å². The van der Waals surface area contributed by atoms with Crippen LogP contribution in [0, 0.1) is 0 Å². The van der Waals surface area contributed by atoms with E-state index in [-0.39, 0.29) is 11.6 Å². The molecule has 0 radical (unpaired) electrons. The smallest absolute Gasteiger partial charge is 0.337 e. The first-order chi connectivity index (χ1) is 7.66. The second-order valence-corrected chi connectivity index (χ2v) is 4.22. The summed E-state index contributed by atoms with van der Waals surface area (Å²) >= 11 is 5.86. The third kappa shape index (κ3) is 2.36. The molecule has 0 bridgehead atoms. The summed E-state index contributed by atoms with van der Waals surface area (Å²) in [5, 5.41) is 12.8. The average Bonchev–Trinajstić information content (AvgIpc) is 2.70. The highest BCUT2D eigenvalue weighted by atomic mass is 35.5. The SMILES string of the molecule is O=C(O)c1ccc(Cl)cc1NC1CC=CC1. The largest absolute Gasteiger partial charge is 0.478 e. The van der Waals surface area contributed by atoms with Crippen LogP contribution in [-0.4, -0.2) is 17.1 Å². The third-order valence-electron chi connectivity index (χ3n) is 2.58. The molecule has 2 N–H and O–H groups in total. The number of aromatic carboxylic acids is 1. The number of nitrogens with one attached hydrogen (secondary N) is 1. The fourth-order valence-corrected chi connectivity index (χ4v) is 1.95. The minimum atomic E-state index is -0.940. The first-order valence-electron chi connectivity index (χ1n) is 5.11. The van der Waals surface area contributed by atoms with Crippen LogP contribution in [0.3, 0.4) is 0 Å². The summed E-state index contributed by atoms with van der Waals surface area (Å²) in [6, 6.07) is 5.04. The zero-order chi connectivity index (χ0) is 11.5. The molecule has 0 fully saturated rings. The Hall–Kier alpha value is -1.48. The average molecular weight is 238 g/mol. The van der Waals surface area contributed by atoms with Crippen molar-refractivity contribution >= 4 is 23.3 Å². The molecule has 1 aromatic rings. The molecule has 0 aliphatic heterocycles. The molecule has 3 nitrogen and oxygen atoms in total. The Morgan fingerprint density at radius 3 is 2.69 bits per heavy atom. The van der Waals surface area contributed by atoms with Gasteiger partial charge in [0.25, 0.3) is 0 Å². The lowest BCUT2D eigenvalue weighted by atomic mass is 10.1. The van der Waals surface area contributed by atoms with Crippen molar-refractivity contribution < 1.29 is 9.90 Å². The molecule has 0 saturated heterocycles. The number of anilines is 1. The Labute approximate surface area is 98.7 Å². The number of rotatable bonds is 3. The Kier molecular flexibility index (Phi) is 3.15. The molecule has 0 amide bonds. The van der Waals surface area contributed by atoms with E-state index >= 15 is 0 Å². The van der Waals surface area contributed by atoms with Crippen LogP contribution in [0.1, 0.15) is 23.2 Å². The number of carbonyl (C=O) groups is 1. The molecule has 1 aliphatic rings. The van der Waals surface area contributed by atoms with Crippen LogP contribution in [0.2, 0.25) is 5.02 Å². The number of benzene rings is 1. The number of carboxylic acid groups (broad SMARTS) is 1. The van der Waals surface area contributed by atoms with Gasteiger partial charge in [0, 0.05) is 11.1 Å². The number of carboxylic acids is 1. The summed E-state index contributed by atoms with van der Waals surface area (Å²) < 4.78 is 0. The van der Waals surface area contributed by atoms with Gasteiger partial charge in [-0.05, 0) is 31.0 Å². The summed E-state index contributed by atoms with van der Waals surface area (Å²) in [5.41, 5.74) is 0.852. The maximum atomic E-state index is 11.0. The maximum absolute atomic E-state index is 11.0. The molecule has 0 spiro atoms. The first kappa shape index (κ1) is 11.0. The van der Waals surface area contributed by atoms with Crippen LogP contribution in [0.5, 0.6) is 0 Å². The maximum Gasteiger partial charge on any atom is 0.337 e. The first-order valence-corrected chi connectivity index (χ1v) is 5.49. The van der Waals surface area contributed by atoms with Crippen molar-refractivity contribution in [3.63, 3.8) is 0 Å². The molecule has 0 heterocycles. The minimum Gasteiger partial charge on any atom is -0.478 e. The Balaban J connectivity index is 2.23. The van der Waals surface area contributed by atoms with E-state index in [0.717, 1.165) is 12.8 Å². The molecule has 1 aromatic carbocycles. The number of halogens is 1. The highest BCUT2D eigenvalue weighted by Crippen LogP contribution is 2.24. The molecular formula is C12H12ClNO2. The zero-order valence-electron chi connectivity index (χ0n) is 8.61. The van der Waals surface area contributed by atoms with Crippen LogP contribution < -0.4 is 5.32 Å². The summed E-state index contributed by atoms with van der Waals surface area (Å²) in [6.07, 6.45) is 6.02. The van der Waals surface area contributed by atoms with E-state index < -0.39 is 5.97 Å². The molecule has 2 rings (SSSR count). The summed E-state index contributed by atoms with van der Waals surface area (Å²) in [7, 11) is 0. The Morgan fingerprint density at radius 1 is 1.38 bits per heavy atom. The van der Waals surface area contributed by atoms with Crippen molar-refractivity contribution in [3.05, 3.63) is 40.9 Å². The van der Waals surface area contributed by atoms with Crippen molar-refractivity contribution in [2.24, 2.45) is 0 Å². The van der Waals surface area contributed by atoms with E-state index in [1.54, 1.807) is 12.1 Å². The van der Waals surface area contributed by atoms with E-state index in [1.807, 2.05) is 0 Å². The van der Waals surface area contributed by atoms with Gasteiger partial charge in [-0.25, -0.2) is 4.79 Å². The van der Waals surface area contributed by atoms with Gasteiger partial charge in [0.1, 0.15) is 0 Å². The zero-order valence-corrected chi connectivity index (χ0v) is 9.37. The van der Waals surface area contributed by atoms with Crippen molar-refractivity contribution in [2.75, 3.05) is 5.32 Å². The van der Waals surface area contributed by atoms with Crippen LogP contribution in [0.4, 0.5) is 5.69 Å². The van der Waals surface area contributed by atoms with Crippen molar-refractivity contribution in [3.8, 4) is 0 Å². The molecule has 84 valence electrons. The monoisotopic (exact) mass is 237 g/mol. The van der Waals surface area contributed by atoms with Gasteiger partial charge < -0.3 is 10.4 Å². The summed E-state index contributed by atoms with van der Waals surface area (Å²) in [5.74, 6) is -0.940. The molecular weight excluding hydrogens is 226 g/mol. The van der Waals surface area contributed by atoms with Crippen molar-refractivity contribution in [2.45, 2.75) is 18.9 Å². The van der Waals surface area contributed by atoms with Gasteiger partial charge in [0.2, 0.25) is 0 Å². The predicted molar refractivity (Wildman–Crippen MR) is 64.2 cm³/mol. The highest BCUT2D eigenvalue weighted by Gasteiger charge is 2.15. The van der Waals surface area contributed by atoms with Gasteiger partial charge in [0.05, 0.1) is 11.3 Å². The molecule has 4 heteroatoms. The summed E-state index contributed by atoms with van der Waals surface area (Å²) in [6.45, 7) is 0. The molecule has 0 aromatic heterocycles. The lowest BCUT2D eigenvalue weighted by Crippen LogP contribution is -2.17. The highest BCUT2D eigenvalue weighted by molar-refractivity contribution is 6.31. The lowest BCUT2D eigenvalue weighted by molar-refractivity contribution is 0.0698. The minimum absolute atomic E-state index is 0.260. The predicted octanol–water partition coefficient (Wildman–Crippen LogP) is 3.17. The fourth-order valence-electron chi connectivity index (χ4n) is 1.78. The van der Waals surface area contributed by atoms with Crippen LogP contribution in [-0.2, 0) is 0 Å². The van der Waals surface area contributed by atoms with Gasteiger partial charge >= 0.3 is 5.97 Å². The van der Waals surface area contributed by atoms with Crippen molar-refractivity contribution in [1.82, 2.24) is 0 Å². The molecule has 0 atom stereocenters. The third-order valence-corrected chi connectivity index (χ3v) is 2.81. The molecule has 16 heavy (non-hydrogen) atoms. The van der Waals surface area contributed by atoms with E-state index in [1.165, 1.54) is 6.07 Å². The molecule has 0 unspecified atom stereocenters. The van der Waals surface area contributed by atoms with Crippen LogP contribution in [0.25, 0.3) is 0 Å². The van der Waals surface area contributed by atoms with Gasteiger partial charge in [-0.2, -0.15) is 0 Å². The van der Waals surface area contributed by atoms with Crippen LogP contribution in [0.15, 0.2) is 30.4 Å². The molecule has 1 aliphatic carbocycles. The summed E-state index contributed by atoms with van der Waals surface area (Å²) in [4.78, 5) is 11.0. The molecule has 0 saturated carbocycles.